The van der Waals surface area contributed by atoms with Crippen molar-refractivity contribution in [1.29, 1.82) is 0 Å². The van der Waals surface area contributed by atoms with Gasteiger partial charge in [-0.25, -0.2) is 9.18 Å². The van der Waals surface area contributed by atoms with Gasteiger partial charge in [-0.3, -0.25) is 0 Å². The van der Waals surface area contributed by atoms with Crippen molar-refractivity contribution in [2.45, 2.75) is 27.2 Å². The van der Waals surface area contributed by atoms with Crippen molar-refractivity contribution in [3.8, 4) is 0 Å². The number of halogens is 2. The average molecular weight is 344 g/mol. The summed E-state index contributed by atoms with van der Waals surface area (Å²) >= 11 is 3.05. The number of carboxylic acids is 1. The molecule has 1 saturated heterocycles. The minimum atomic E-state index is -1.13. The van der Waals surface area contributed by atoms with Gasteiger partial charge >= 0.3 is 5.97 Å². The van der Waals surface area contributed by atoms with E-state index in [9.17, 15) is 9.18 Å². The van der Waals surface area contributed by atoms with Crippen molar-refractivity contribution >= 4 is 27.6 Å². The van der Waals surface area contributed by atoms with Crippen LogP contribution in [0.5, 0.6) is 0 Å². The lowest BCUT2D eigenvalue weighted by Gasteiger charge is -2.27. The van der Waals surface area contributed by atoms with Crippen LogP contribution in [0.4, 0.5) is 10.1 Å². The topological polar surface area (TPSA) is 40.5 Å². The monoisotopic (exact) mass is 343 g/mol. The number of carbonyl (C=O) groups is 1. The van der Waals surface area contributed by atoms with E-state index >= 15 is 0 Å². The quantitative estimate of drug-likeness (QED) is 0.876. The Morgan fingerprint density at radius 1 is 1.45 bits per heavy atom. The maximum Gasteiger partial charge on any atom is 0.336 e. The molecule has 0 radical (unpaired) electrons. The lowest BCUT2D eigenvalue weighted by atomic mass is 9.80. The van der Waals surface area contributed by atoms with Crippen molar-refractivity contribution < 1.29 is 14.3 Å². The van der Waals surface area contributed by atoms with Gasteiger partial charge in [0.25, 0.3) is 0 Å². The van der Waals surface area contributed by atoms with Crippen LogP contribution >= 0.6 is 15.9 Å². The number of hydrogen-bond donors (Lipinski definition) is 1. The SMILES string of the molecule is CC(C)(C)C1CCN(c2ccc(C(=O)O)c(Br)c2F)C1. The Labute approximate surface area is 126 Å². The summed E-state index contributed by atoms with van der Waals surface area (Å²) in [4.78, 5) is 13.0. The first-order valence-electron chi connectivity index (χ1n) is 6.68. The second-order valence-corrected chi connectivity index (χ2v) is 7.16. The van der Waals surface area contributed by atoms with Crippen LogP contribution in [0.15, 0.2) is 16.6 Å². The molecule has 1 aromatic rings. The first-order chi connectivity index (χ1) is 9.21. The van der Waals surface area contributed by atoms with E-state index in [2.05, 4.69) is 36.7 Å². The lowest BCUT2D eigenvalue weighted by molar-refractivity contribution is 0.0695. The smallest absolute Gasteiger partial charge is 0.336 e. The van der Waals surface area contributed by atoms with Crippen LogP contribution in [0.25, 0.3) is 0 Å². The van der Waals surface area contributed by atoms with Crippen LogP contribution < -0.4 is 4.90 Å². The summed E-state index contributed by atoms with van der Waals surface area (Å²) in [5, 5.41) is 8.98. The molecule has 0 aliphatic carbocycles. The standard InChI is InChI=1S/C15H19BrFNO2/c1-15(2,3)9-6-7-18(8-9)11-5-4-10(14(19)20)12(16)13(11)17/h4-5,9H,6-8H2,1-3H3,(H,19,20). The summed E-state index contributed by atoms with van der Waals surface area (Å²) in [6, 6.07) is 3.02. The Morgan fingerprint density at radius 3 is 2.60 bits per heavy atom. The Bertz CT molecular complexity index is 539. The Balaban J connectivity index is 2.28. The number of hydrogen-bond acceptors (Lipinski definition) is 2. The molecule has 0 bridgehead atoms. The normalized spacial score (nSPS) is 19.4. The number of carboxylic acid groups (broad SMARTS) is 1. The van der Waals surface area contributed by atoms with Gasteiger partial charge < -0.3 is 10.0 Å². The summed E-state index contributed by atoms with van der Waals surface area (Å²) in [6.07, 6.45) is 1.03. The predicted octanol–water partition coefficient (Wildman–Crippen LogP) is 4.16. The highest BCUT2D eigenvalue weighted by atomic mass is 79.9. The molecule has 1 aliphatic heterocycles. The summed E-state index contributed by atoms with van der Waals surface area (Å²) in [5.41, 5.74) is 0.634. The lowest BCUT2D eigenvalue weighted by Crippen LogP contribution is -2.26. The Kier molecular flexibility index (Phi) is 4.09. The van der Waals surface area contributed by atoms with E-state index in [0.717, 1.165) is 19.5 Å². The average Bonchev–Trinajstić information content (AvgIpc) is 2.81. The number of rotatable bonds is 2. The summed E-state index contributed by atoms with van der Waals surface area (Å²) in [5.74, 6) is -1.10. The largest absolute Gasteiger partial charge is 0.478 e. The fraction of sp³-hybridized carbons (Fsp3) is 0.533. The fourth-order valence-electron chi connectivity index (χ4n) is 2.63. The summed E-state index contributed by atoms with van der Waals surface area (Å²) < 4.78 is 14.4. The molecule has 20 heavy (non-hydrogen) atoms. The van der Waals surface area contributed by atoms with Gasteiger partial charge in [-0.05, 0) is 45.8 Å². The highest BCUT2D eigenvalue weighted by Gasteiger charge is 2.33. The number of benzene rings is 1. The maximum absolute atomic E-state index is 14.3. The Morgan fingerprint density at radius 2 is 2.10 bits per heavy atom. The molecule has 1 unspecified atom stereocenters. The number of anilines is 1. The minimum absolute atomic E-state index is 0.0294. The van der Waals surface area contributed by atoms with Crippen LogP contribution in [0.1, 0.15) is 37.6 Å². The molecule has 1 aliphatic rings. The molecule has 110 valence electrons. The van der Waals surface area contributed by atoms with Crippen LogP contribution in [0, 0.1) is 17.2 Å². The summed E-state index contributed by atoms with van der Waals surface area (Å²) in [7, 11) is 0. The van der Waals surface area contributed by atoms with E-state index < -0.39 is 11.8 Å². The summed E-state index contributed by atoms with van der Waals surface area (Å²) in [6.45, 7) is 8.19. The fourth-order valence-corrected chi connectivity index (χ4v) is 3.14. The molecule has 1 fully saturated rings. The van der Waals surface area contributed by atoms with Gasteiger partial charge in [-0.15, -0.1) is 0 Å². The van der Waals surface area contributed by atoms with Crippen molar-refractivity contribution in [2.75, 3.05) is 18.0 Å². The zero-order valence-electron chi connectivity index (χ0n) is 11.9. The van der Waals surface area contributed by atoms with Gasteiger partial charge in [0.2, 0.25) is 0 Å². The molecule has 1 N–H and O–H groups in total. The van der Waals surface area contributed by atoms with Crippen molar-refractivity contribution in [3.05, 3.63) is 28.0 Å². The van der Waals surface area contributed by atoms with Crippen molar-refractivity contribution in [2.24, 2.45) is 11.3 Å². The minimum Gasteiger partial charge on any atom is -0.478 e. The number of aromatic carboxylic acids is 1. The molecule has 1 heterocycles. The maximum atomic E-state index is 14.3. The molecule has 3 nitrogen and oxygen atoms in total. The first-order valence-corrected chi connectivity index (χ1v) is 7.47. The van der Waals surface area contributed by atoms with Gasteiger partial charge in [0.1, 0.15) is 0 Å². The van der Waals surface area contributed by atoms with E-state index in [1.54, 1.807) is 6.07 Å². The van der Waals surface area contributed by atoms with Crippen LogP contribution in [-0.4, -0.2) is 24.2 Å². The molecular weight excluding hydrogens is 325 g/mol. The molecule has 1 atom stereocenters. The molecule has 1 aromatic carbocycles. The third kappa shape index (κ3) is 2.82. The van der Waals surface area contributed by atoms with Crippen LogP contribution in [0.3, 0.4) is 0 Å². The molecule has 0 amide bonds. The van der Waals surface area contributed by atoms with E-state index in [4.69, 9.17) is 5.11 Å². The molecule has 2 rings (SSSR count). The van der Waals surface area contributed by atoms with Gasteiger partial charge in [0.05, 0.1) is 15.7 Å². The Hall–Kier alpha value is -1.10. The van der Waals surface area contributed by atoms with Gasteiger partial charge in [-0.2, -0.15) is 0 Å². The van der Waals surface area contributed by atoms with Crippen LogP contribution in [0.2, 0.25) is 0 Å². The molecule has 0 spiro atoms. The molecule has 0 aromatic heterocycles. The highest BCUT2D eigenvalue weighted by molar-refractivity contribution is 9.10. The molecule has 0 saturated carbocycles. The van der Waals surface area contributed by atoms with Gasteiger partial charge in [0.15, 0.2) is 5.82 Å². The highest BCUT2D eigenvalue weighted by Crippen LogP contribution is 2.38. The van der Waals surface area contributed by atoms with Crippen LogP contribution in [-0.2, 0) is 0 Å². The number of nitrogens with zero attached hydrogens (tertiary/aromatic N) is 1. The third-order valence-corrected chi connectivity index (χ3v) is 4.82. The zero-order valence-corrected chi connectivity index (χ0v) is 13.5. The van der Waals surface area contributed by atoms with Crippen molar-refractivity contribution in [3.63, 3.8) is 0 Å². The van der Waals surface area contributed by atoms with Gasteiger partial charge in [-0.1, -0.05) is 20.8 Å². The molecular formula is C15H19BrFNO2. The zero-order chi connectivity index (χ0) is 15.1. The van der Waals surface area contributed by atoms with E-state index in [0.29, 0.717) is 11.6 Å². The van der Waals surface area contributed by atoms with Gasteiger partial charge in [0, 0.05) is 13.1 Å². The third-order valence-electron chi connectivity index (χ3n) is 4.05. The predicted molar refractivity (Wildman–Crippen MR) is 80.8 cm³/mol. The van der Waals surface area contributed by atoms with E-state index in [-0.39, 0.29) is 15.5 Å². The van der Waals surface area contributed by atoms with Crippen molar-refractivity contribution in [1.82, 2.24) is 0 Å². The van der Waals surface area contributed by atoms with E-state index in [1.165, 1.54) is 6.07 Å². The second-order valence-electron chi connectivity index (χ2n) is 6.36. The van der Waals surface area contributed by atoms with E-state index in [1.807, 2.05) is 4.90 Å². The second kappa shape index (κ2) is 5.35. The first kappa shape index (κ1) is 15.3. The molecule has 5 heteroatoms.